The number of hydrogen-bond acceptors (Lipinski definition) is 3. The molecule has 4 heteroatoms. The highest BCUT2D eigenvalue weighted by Crippen LogP contribution is 2.11. The summed E-state index contributed by atoms with van der Waals surface area (Å²) in [5.41, 5.74) is 1.16. The summed E-state index contributed by atoms with van der Waals surface area (Å²) in [6.07, 6.45) is 3.20. The van der Waals surface area contributed by atoms with E-state index in [1.807, 2.05) is 0 Å². The second-order valence-electron chi connectivity index (χ2n) is 2.26. The first-order valence-electron chi connectivity index (χ1n) is 3.58. The van der Waals surface area contributed by atoms with Gasteiger partial charge in [-0.25, -0.2) is 4.79 Å². The van der Waals surface area contributed by atoms with E-state index in [1.165, 1.54) is 0 Å². The fourth-order valence-corrected chi connectivity index (χ4v) is 1.00. The molecule has 0 bridgehead atoms. The molecule has 0 aromatic carbocycles. The summed E-state index contributed by atoms with van der Waals surface area (Å²) in [7, 11) is 0. The largest absolute Gasteiger partial charge is 0.450 e. The summed E-state index contributed by atoms with van der Waals surface area (Å²) in [4.78, 5) is 15.0. The molecule has 0 saturated carbocycles. The number of hydrogen-bond donors (Lipinski definition) is 0. The summed E-state index contributed by atoms with van der Waals surface area (Å²) in [6.45, 7) is 3.61. The van der Waals surface area contributed by atoms with Crippen LogP contribution in [0, 0.1) is 0 Å². The SMILES string of the molecule is C=C(C(=O)OCBr)c1cccnc1. The zero-order valence-corrected chi connectivity index (χ0v) is 8.45. The van der Waals surface area contributed by atoms with Gasteiger partial charge in [-0.2, -0.15) is 0 Å². The summed E-state index contributed by atoms with van der Waals surface area (Å²) >= 11 is 2.99. The standard InChI is InChI=1S/C9H8BrNO2/c1-7(9(12)13-6-10)8-3-2-4-11-5-8/h2-5H,1,6H2. The smallest absolute Gasteiger partial charge is 0.339 e. The first-order chi connectivity index (χ1) is 6.25. The fourth-order valence-electron chi connectivity index (χ4n) is 0.796. The minimum absolute atomic E-state index is 0.172. The number of pyridine rings is 1. The van der Waals surface area contributed by atoms with Crippen LogP contribution in [0.25, 0.3) is 5.57 Å². The molecule has 13 heavy (non-hydrogen) atoms. The van der Waals surface area contributed by atoms with Crippen LogP contribution in [-0.2, 0) is 9.53 Å². The molecule has 0 unspecified atom stereocenters. The Balaban J connectivity index is 2.74. The van der Waals surface area contributed by atoms with Crippen LogP contribution in [0.5, 0.6) is 0 Å². The molecule has 1 heterocycles. The molecule has 0 N–H and O–H groups in total. The average Bonchev–Trinajstić information content (AvgIpc) is 2.18. The molecule has 0 atom stereocenters. The minimum atomic E-state index is -0.440. The quantitative estimate of drug-likeness (QED) is 0.462. The molecule has 0 spiro atoms. The van der Waals surface area contributed by atoms with Gasteiger partial charge in [0.2, 0.25) is 0 Å². The molecule has 1 aromatic rings. The number of alkyl halides is 1. The van der Waals surface area contributed by atoms with Gasteiger partial charge in [-0.1, -0.05) is 12.6 Å². The van der Waals surface area contributed by atoms with E-state index in [1.54, 1.807) is 24.5 Å². The Bertz CT molecular complexity index is 311. The second-order valence-corrected chi connectivity index (χ2v) is 2.72. The molecule has 0 radical (unpaired) electrons. The van der Waals surface area contributed by atoms with Crippen molar-refractivity contribution in [2.75, 3.05) is 5.52 Å². The van der Waals surface area contributed by atoms with Crippen LogP contribution < -0.4 is 0 Å². The van der Waals surface area contributed by atoms with Crippen molar-refractivity contribution in [1.82, 2.24) is 4.98 Å². The maximum atomic E-state index is 11.2. The van der Waals surface area contributed by atoms with Crippen molar-refractivity contribution in [2.45, 2.75) is 0 Å². The Morgan fingerprint density at radius 1 is 1.69 bits per heavy atom. The number of esters is 1. The van der Waals surface area contributed by atoms with E-state index in [4.69, 9.17) is 4.74 Å². The van der Waals surface area contributed by atoms with Gasteiger partial charge < -0.3 is 4.74 Å². The predicted molar refractivity (Wildman–Crippen MR) is 53.2 cm³/mol. The monoisotopic (exact) mass is 241 g/mol. The van der Waals surface area contributed by atoms with E-state index >= 15 is 0 Å². The Morgan fingerprint density at radius 3 is 3.00 bits per heavy atom. The zero-order valence-electron chi connectivity index (χ0n) is 6.87. The molecule has 1 rings (SSSR count). The van der Waals surface area contributed by atoms with E-state index in [0.717, 1.165) is 0 Å². The van der Waals surface area contributed by atoms with E-state index in [-0.39, 0.29) is 5.52 Å². The second kappa shape index (κ2) is 4.77. The van der Waals surface area contributed by atoms with Crippen molar-refractivity contribution >= 4 is 27.5 Å². The number of carbonyl (C=O) groups excluding carboxylic acids is 1. The van der Waals surface area contributed by atoms with Crippen LogP contribution in [0.4, 0.5) is 0 Å². The number of halogens is 1. The maximum Gasteiger partial charge on any atom is 0.339 e. The number of carbonyl (C=O) groups is 1. The Labute approximate surface area is 84.6 Å². The summed E-state index contributed by atoms with van der Waals surface area (Å²) in [6, 6.07) is 3.49. The Morgan fingerprint density at radius 2 is 2.46 bits per heavy atom. The van der Waals surface area contributed by atoms with E-state index < -0.39 is 5.97 Å². The highest BCUT2D eigenvalue weighted by Gasteiger charge is 2.09. The molecular weight excluding hydrogens is 234 g/mol. The molecule has 0 amide bonds. The topological polar surface area (TPSA) is 39.2 Å². The lowest BCUT2D eigenvalue weighted by Gasteiger charge is -2.03. The van der Waals surface area contributed by atoms with Crippen LogP contribution >= 0.6 is 15.9 Å². The number of ether oxygens (including phenoxy) is 1. The number of aromatic nitrogens is 1. The van der Waals surface area contributed by atoms with E-state index in [0.29, 0.717) is 11.1 Å². The molecule has 68 valence electrons. The van der Waals surface area contributed by atoms with Gasteiger partial charge in [-0.05, 0) is 22.0 Å². The van der Waals surface area contributed by atoms with Crippen LogP contribution in [0.3, 0.4) is 0 Å². The van der Waals surface area contributed by atoms with Crippen LogP contribution in [0.2, 0.25) is 0 Å². The van der Waals surface area contributed by atoms with Crippen LogP contribution in [0.1, 0.15) is 5.56 Å². The predicted octanol–water partition coefficient (Wildman–Crippen LogP) is 1.99. The van der Waals surface area contributed by atoms with Gasteiger partial charge in [0.15, 0.2) is 0 Å². The molecule has 0 fully saturated rings. The molecule has 0 saturated heterocycles. The van der Waals surface area contributed by atoms with Gasteiger partial charge in [0.25, 0.3) is 0 Å². The van der Waals surface area contributed by atoms with Crippen molar-refractivity contribution in [2.24, 2.45) is 0 Å². The van der Waals surface area contributed by atoms with Crippen molar-refractivity contribution in [3.8, 4) is 0 Å². The third-order valence-corrected chi connectivity index (χ3v) is 1.67. The Kier molecular flexibility index (Phi) is 3.64. The van der Waals surface area contributed by atoms with Gasteiger partial charge in [-0.3, -0.25) is 4.98 Å². The van der Waals surface area contributed by atoms with Gasteiger partial charge >= 0.3 is 5.97 Å². The third-order valence-electron chi connectivity index (χ3n) is 1.44. The van der Waals surface area contributed by atoms with E-state index in [9.17, 15) is 4.79 Å². The highest BCUT2D eigenvalue weighted by atomic mass is 79.9. The van der Waals surface area contributed by atoms with Crippen molar-refractivity contribution in [3.05, 3.63) is 36.7 Å². The van der Waals surface area contributed by atoms with Gasteiger partial charge in [0, 0.05) is 18.0 Å². The molecule has 0 aliphatic carbocycles. The minimum Gasteiger partial charge on any atom is -0.450 e. The lowest BCUT2D eigenvalue weighted by atomic mass is 10.1. The zero-order chi connectivity index (χ0) is 9.68. The molecule has 3 nitrogen and oxygen atoms in total. The van der Waals surface area contributed by atoms with E-state index in [2.05, 4.69) is 27.5 Å². The van der Waals surface area contributed by atoms with Crippen molar-refractivity contribution < 1.29 is 9.53 Å². The van der Waals surface area contributed by atoms with Gasteiger partial charge in [0.1, 0.15) is 5.52 Å². The maximum absolute atomic E-state index is 11.2. The fraction of sp³-hybridized carbons (Fsp3) is 0.111. The average molecular weight is 242 g/mol. The number of rotatable bonds is 3. The molecule has 1 aromatic heterocycles. The highest BCUT2D eigenvalue weighted by molar-refractivity contribution is 9.09. The van der Waals surface area contributed by atoms with Crippen molar-refractivity contribution in [1.29, 1.82) is 0 Å². The molecular formula is C9H8BrNO2. The normalized spacial score (nSPS) is 9.31. The summed E-state index contributed by atoms with van der Waals surface area (Å²) < 4.78 is 4.71. The summed E-state index contributed by atoms with van der Waals surface area (Å²) in [5.74, 6) is -0.440. The lowest BCUT2D eigenvalue weighted by Crippen LogP contribution is -2.04. The first-order valence-corrected chi connectivity index (χ1v) is 4.70. The Hall–Kier alpha value is -1.16. The summed E-state index contributed by atoms with van der Waals surface area (Å²) in [5, 5.41) is 0. The molecule has 0 aliphatic heterocycles. The molecule has 0 aliphatic rings. The van der Waals surface area contributed by atoms with Gasteiger partial charge in [-0.15, -0.1) is 0 Å². The van der Waals surface area contributed by atoms with Gasteiger partial charge in [0.05, 0.1) is 5.57 Å². The lowest BCUT2D eigenvalue weighted by molar-refractivity contribution is -0.134. The number of nitrogens with zero attached hydrogens (tertiary/aromatic N) is 1. The van der Waals surface area contributed by atoms with Crippen molar-refractivity contribution in [3.63, 3.8) is 0 Å². The van der Waals surface area contributed by atoms with Crippen LogP contribution in [0.15, 0.2) is 31.1 Å². The van der Waals surface area contributed by atoms with Crippen LogP contribution in [-0.4, -0.2) is 16.5 Å². The first kappa shape index (κ1) is 9.92. The third kappa shape index (κ3) is 2.66.